The largest absolute Gasteiger partial charge is 0.469 e. The Kier molecular flexibility index (Phi) is 4.25. The van der Waals surface area contributed by atoms with Gasteiger partial charge in [0.2, 0.25) is 5.91 Å². The fourth-order valence-electron chi connectivity index (χ4n) is 2.11. The number of nitrogens with zero attached hydrogens (tertiary/aromatic N) is 2. The van der Waals surface area contributed by atoms with E-state index < -0.39 is 0 Å². The highest BCUT2D eigenvalue weighted by Crippen LogP contribution is 2.18. The normalized spacial score (nSPS) is 11.3. The average Bonchev–Trinajstić information content (AvgIpc) is 3.12. The number of imidazole rings is 1. The quantitative estimate of drug-likeness (QED) is 0.736. The van der Waals surface area contributed by atoms with Crippen molar-refractivity contribution in [1.82, 2.24) is 14.7 Å². The van der Waals surface area contributed by atoms with Gasteiger partial charge in [0.15, 0.2) is 5.15 Å². The minimum Gasteiger partial charge on any atom is -0.469 e. The molecule has 0 unspecified atom stereocenters. The molecule has 0 fully saturated rings. The molecule has 0 spiro atoms. The van der Waals surface area contributed by atoms with Gasteiger partial charge in [0.05, 0.1) is 12.0 Å². The minimum absolute atomic E-state index is 0.187. The molecule has 0 bridgehead atoms. The van der Waals surface area contributed by atoms with Crippen molar-refractivity contribution >= 4 is 29.2 Å². The minimum atomic E-state index is -0.187. The lowest BCUT2D eigenvalue weighted by Crippen LogP contribution is -2.23. The zero-order valence-corrected chi connectivity index (χ0v) is 12.5. The van der Waals surface area contributed by atoms with Crippen LogP contribution in [0.2, 0.25) is 5.15 Å². The summed E-state index contributed by atoms with van der Waals surface area (Å²) in [6.45, 7) is 0.511. The highest BCUT2D eigenvalue weighted by Gasteiger charge is 2.07. The van der Waals surface area contributed by atoms with Crippen LogP contribution in [-0.2, 0) is 11.2 Å². The first-order valence-corrected chi connectivity index (χ1v) is 7.23. The smallest absolute Gasteiger partial charge is 0.244 e. The van der Waals surface area contributed by atoms with Gasteiger partial charge in [0.1, 0.15) is 11.4 Å². The van der Waals surface area contributed by atoms with Crippen LogP contribution in [0.3, 0.4) is 0 Å². The molecular formula is C16H14ClN3O2. The highest BCUT2D eigenvalue weighted by molar-refractivity contribution is 6.31. The van der Waals surface area contributed by atoms with Crippen LogP contribution < -0.4 is 5.32 Å². The van der Waals surface area contributed by atoms with Gasteiger partial charge < -0.3 is 9.73 Å². The predicted octanol–water partition coefficient (Wildman–Crippen LogP) is 2.95. The summed E-state index contributed by atoms with van der Waals surface area (Å²) >= 11 is 6.10. The van der Waals surface area contributed by atoms with Gasteiger partial charge in [0, 0.05) is 25.2 Å². The van der Waals surface area contributed by atoms with Gasteiger partial charge >= 0.3 is 0 Å². The van der Waals surface area contributed by atoms with Crippen molar-refractivity contribution in [3.63, 3.8) is 0 Å². The molecule has 0 radical (unpaired) electrons. The first-order chi connectivity index (χ1) is 10.7. The summed E-state index contributed by atoms with van der Waals surface area (Å²) in [5, 5.41) is 3.16. The number of amides is 1. The number of carbonyl (C=O) groups is 1. The van der Waals surface area contributed by atoms with E-state index in [1.807, 2.05) is 40.9 Å². The van der Waals surface area contributed by atoms with E-state index >= 15 is 0 Å². The van der Waals surface area contributed by atoms with E-state index in [2.05, 4.69) is 10.3 Å². The number of furan rings is 1. The van der Waals surface area contributed by atoms with Gasteiger partial charge in [-0.1, -0.05) is 17.7 Å². The Morgan fingerprint density at radius 1 is 1.36 bits per heavy atom. The fourth-order valence-corrected chi connectivity index (χ4v) is 2.35. The highest BCUT2D eigenvalue weighted by atomic mass is 35.5. The third kappa shape index (κ3) is 3.20. The predicted molar refractivity (Wildman–Crippen MR) is 84.7 cm³/mol. The van der Waals surface area contributed by atoms with Crippen molar-refractivity contribution in [2.75, 3.05) is 6.54 Å². The Hall–Kier alpha value is -2.53. The Morgan fingerprint density at radius 2 is 2.27 bits per heavy atom. The second kappa shape index (κ2) is 6.49. The number of aromatic nitrogens is 2. The first kappa shape index (κ1) is 14.4. The summed E-state index contributed by atoms with van der Waals surface area (Å²) in [6, 6.07) is 9.32. The van der Waals surface area contributed by atoms with Crippen LogP contribution in [0.15, 0.2) is 53.3 Å². The molecule has 3 heterocycles. The van der Waals surface area contributed by atoms with E-state index in [0.29, 0.717) is 23.8 Å². The monoisotopic (exact) mass is 315 g/mol. The third-order valence-electron chi connectivity index (χ3n) is 3.17. The summed E-state index contributed by atoms with van der Waals surface area (Å²) in [7, 11) is 0. The average molecular weight is 316 g/mol. The first-order valence-electron chi connectivity index (χ1n) is 6.85. The summed E-state index contributed by atoms with van der Waals surface area (Å²) in [4.78, 5) is 16.0. The lowest BCUT2D eigenvalue weighted by atomic mass is 10.3. The summed E-state index contributed by atoms with van der Waals surface area (Å²) in [6.07, 6.45) is 7.23. The van der Waals surface area contributed by atoms with Crippen molar-refractivity contribution in [1.29, 1.82) is 0 Å². The number of rotatable bonds is 5. The van der Waals surface area contributed by atoms with Crippen molar-refractivity contribution in [3.05, 3.63) is 65.5 Å². The molecule has 112 valence electrons. The maximum absolute atomic E-state index is 11.8. The molecule has 0 saturated carbocycles. The van der Waals surface area contributed by atoms with Crippen LogP contribution in [0.25, 0.3) is 11.7 Å². The number of nitrogens with one attached hydrogen (secondary N) is 1. The van der Waals surface area contributed by atoms with Crippen LogP contribution in [0.5, 0.6) is 0 Å². The fraction of sp³-hybridized carbons (Fsp3) is 0.125. The van der Waals surface area contributed by atoms with E-state index in [-0.39, 0.29) is 5.91 Å². The van der Waals surface area contributed by atoms with Crippen LogP contribution >= 0.6 is 11.6 Å². The summed E-state index contributed by atoms with van der Waals surface area (Å²) in [5.41, 5.74) is 1.42. The third-order valence-corrected chi connectivity index (χ3v) is 3.44. The molecule has 3 aromatic rings. The van der Waals surface area contributed by atoms with E-state index in [1.165, 1.54) is 6.08 Å². The van der Waals surface area contributed by atoms with E-state index in [9.17, 15) is 4.79 Å². The van der Waals surface area contributed by atoms with Crippen molar-refractivity contribution < 1.29 is 9.21 Å². The number of carbonyl (C=O) groups excluding carboxylic acids is 1. The molecule has 1 amide bonds. The maximum atomic E-state index is 11.8. The van der Waals surface area contributed by atoms with Crippen molar-refractivity contribution in [2.45, 2.75) is 6.42 Å². The van der Waals surface area contributed by atoms with Crippen LogP contribution in [-0.4, -0.2) is 21.8 Å². The zero-order chi connectivity index (χ0) is 15.4. The molecule has 0 aliphatic carbocycles. The number of fused-ring (bicyclic) bond motifs is 1. The topological polar surface area (TPSA) is 59.5 Å². The molecule has 6 heteroatoms. The van der Waals surface area contributed by atoms with E-state index in [4.69, 9.17) is 16.0 Å². The molecule has 3 aromatic heterocycles. The Labute approximate surface area is 132 Å². The summed E-state index contributed by atoms with van der Waals surface area (Å²) < 4.78 is 7.03. The van der Waals surface area contributed by atoms with Gasteiger partial charge in [-0.15, -0.1) is 0 Å². The second-order valence-electron chi connectivity index (χ2n) is 4.67. The zero-order valence-electron chi connectivity index (χ0n) is 11.7. The number of halogens is 1. The van der Waals surface area contributed by atoms with Gasteiger partial charge in [-0.2, -0.15) is 0 Å². The van der Waals surface area contributed by atoms with Gasteiger partial charge in [-0.3, -0.25) is 9.20 Å². The number of pyridine rings is 1. The van der Waals surface area contributed by atoms with E-state index in [1.54, 1.807) is 12.3 Å². The molecule has 5 nitrogen and oxygen atoms in total. The van der Waals surface area contributed by atoms with Crippen LogP contribution in [0.1, 0.15) is 11.5 Å². The SMILES string of the molecule is O=C(/C=C/c1c(Cl)nc2ccccn12)NCCc1ccco1. The Morgan fingerprint density at radius 3 is 3.09 bits per heavy atom. The summed E-state index contributed by atoms with van der Waals surface area (Å²) in [5.74, 6) is 0.655. The van der Waals surface area contributed by atoms with Crippen molar-refractivity contribution in [3.8, 4) is 0 Å². The molecule has 0 atom stereocenters. The van der Waals surface area contributed by atoms with Crippen LogP contribution in [0, 0.1) is 0 Å². The molecule has 0 aromatic carbocycles. The van der Waals surface area contributed by atoms with Gasteiger partial charge in [-0.25, -0.2) is 4.98 Å². The Bertz CT molecular complexity index is 806. The van der Waals surface area contributed by atoms with Crippen molar-refractivity contribution in [2.24, 2.45) is 0 Å². The van der Waals surface area contributed by atoms with E-state index in [0.717, 1.165) is 11.4 Å². The number of hydrogen-bond donors (Lipinski definition) is 1. The lowest BCUT2D eigenvalue weighted by Gasteiger charge is -2.00. The molecule has 0 aliphatic heterocycles. The molecule has 1 N–H and O–H groups in total. The van der Waals surface area contributed by atoms with Crippen LogP contribution in [0.4, 0.5) is 0 Å². The second-order valence-corrected chi connectivity index (χ2v) is 5.03. The molecule has 0 saturated heterocycles. The lowest BCUT2D eigenvalue weighted by molar-refractivity contribution is -0.116. The molecule has 3 rings (SSSR count). The molecule has 0 aliphatic rings. The molecular weight excluding hydrogens is 302 g/mol. The van der Waals surface area contributed by atoms with Gasteiger partial charge in [0.25, 0.3) is 0 Å². The Balaban J connectivity index is 1.62. The number of hydrogen-bond acceptors (Lipinski definition) is 3. The molecule has 22 heavy (non-hydrogen) atoms. The van der Waals surface area contributed by atoms with Gasteiger partial charge in [-0.05, 0) is 30.3 Å². The standard InChI is InChI=1S/C16H14ClN3O2/c17-16-13(20-10-2-1-5-14(20)19-16)6-7-15(21)18-9-8-12-4-3-11-22-12/h1-7,10-11H,8-9H2,(H,18,21)/b7-6+. The maximum Gasteiger partial charge on any atom is 0.244 e.